The lowest BCUT2D eigenvalue weighted by atomic mass is 10.1. The lowest BCUT2D eigenvalue weighted by molar-refractivity contribution is 0.0756. The molecule has 0 aliphatic carbocycles. The molecule has 1 aliphatic heterocycles. The zero-order valence-corrected chi connectivity index (χ0v) is 17.4. The van der Waals surface area contributed by atoms with Gasteiger partial charge in [-0.15, -0.1) is 11.3 Å². The number of carbonyl (C=O) groups is 1. The minimum atomic E-state index is 0.00249. The molecule has 1 aliphatic rings. The highest BCUT2D eigenvalue weighted by Crippen LogP contribution is 2.22. The monoisotopic (exact) mass is 397 g/mol. The molecule has 0 bridgehead atoms. The summed E-state index contributed by atoms with van der Waals surface area (Å²) in [6.45, 7) is 8.94. The van der Waals surface area contributed by atoms with E-state index in [-0.39, 0.29) is 5.91 Å². The Kier molecular flexibility index (Phi) is 5.73. The Bertz CT molecular complexity index is 914. The average Bonchev–Trinajstić information content (AvgIpc) is 3.22. The van der Waals surface area contributed by atoms with Crippen molar-refractivity contribution in [2.75, 3.05) is 26.2 Å². The zero-order chi connectivity index (χ0) is 19.5. The van der Waals surface area contributed by atoms with Crippen molar-refractivity contribution in [1.29, 1.82) is 0 Å². The molecule has 1 amide bonds. The number of thiophene rings is 1. The van der Waals surface area contributed by atoms with Gasteiger partial charge in [0.1, 0.15) is 5.69 Å². The van der Waals surface area contributed by atoms with Crippen LogP contribution >= 0.6 is 11.3 Å². The number of hydrogen-bond donors (Lipinski definition) is 0. The first-order valence-corrected chi connectivity index (χ1v) is 10.8. The molecule has 4 rings (SSSR count). The fourth-order valence-electron chi connectivity index (χ4n) is 3.67. The summed E-state index contributed by atoms with van der Waals surface area (Å²) in [7, 11) is 0. The smallest absolute Gasteiger partial charge is 0.274 e. The molecule has 0 spiro atoms. The third-order valence-corrected chi connectivity index (χ3v) is 6.13. The van der Waals surface area contributed by atoms with Gasteiger partial charge in [0.15, 0.2) is 0 Å². The van der Waals surface area contributed by atoms with E-state index in [9.17, 15) is 4.79 Å². The van der Waals surface area contributed by atoms with E-state index in [0.29, 0.717) is 17.4 Å². The van der Waals surface area contributed by atoms with Crippen molar-refractivity contribution in [1.82, 2.24) is 24.2 Å². The molecule has 0 unspecified atom stereocenters. The Hall–Kier alpha value is -2.25. The van der Waals surface area contributed by atoms with E-state index in [4.69, 9.17) is 0 Å². The van der Waals surface area contributed by atoms with Crippen LogP contribution in [0.3, 0.4) is 0 Å². The predicted octanol–water partition coefficient (Wildman–Crippen LogP) is 3.34. The van der Waals surface area contributed by atoms with Crippen LogP contribution in [0.15, 0.2) is 36.8 Å². The quantitative estimate of drug-likeness (QED) is 0.663. The molecule has 3 aromatic rings. The molecule has 0 atom stereocenters. The minimum Gasteiger partial charge on any atom is -0.336 e. The van der Waals surface area contributed by atoms with Crippen LogP contribution in [0, 0.1) is 5.92 Å². The molecule has 148 valence electrons. The highest BCUT2D eigenvalue weighted by atomic mass is 32.1. The fraction of sp³-hybridized carbons (Fsp3) is 0.476. The fourth-order valence-corrected chi connectivity index (χ4v) is 4.94. The van der Waals surface area contributed by atoms with Gasteiger partial charge in [0.05, 0.1) is 0 Å². The summed E-state index contributed by atoms with van der Waals surface area (Å²) in [5, 5.41) is 0. The lowest BCUT2D eigenvalue weighted by Crippen LogP contribution is -2.35. The Morgan fingerprint density at radius 3 is 2.86 bits per heavy atom. The van der Waals surface area contributed by atoms with Gasteiger partial charge in [-0.2, -0.15) is 0 Å². The molecule has 6 nitrogen and oxygen atoms in total. The second-order valence-electron chi connectivity index (χ2n) is 7.84. The number of imidazole rings is 1. The second-order valence-corrected chi connectivity index (χ2v) is 9.09. The van der Waals surface area contributed by atoms with Gasteiger partial charge >= 0.3 is 0 Å². The average molecular weight is 398 g/mol. The highest BCUT2D eigenvalue weighted by molar-refractivity contribution is 7.11. The molecule has 0 radical (unpaired) electrons. The van der Waals surface area contributed by atoms with Crippen molar-refractivity contribution in [3.8, 4) is 0 Å². The van der Waals surface area contributed by atoms with E-state index >= 15 is 0 Å². The summed E-state index contributed by atoms with van der Waals surface area (Å²) < 4.78 is 1.79. The molecule has 0 aromatic carbocycles. The molecule has 3 aromatic heterocycles. The Labute approximate surface area is 169 Å². The topological polar surface area (TPSA) is 53.7 Å². The third kappa shape index (κ3) is 4.42. The normalized spacial score (nSPS) is 16.0. The number of aromatic nitrogens is 3. The predicted molar refractivity (Wildman–Crippen MR) is 112 cm³/mol. The van der Waals surface area contributed by atoms with Gasteiger partial charge in [-0.3, -0.25) is 14.1 Å². The van der Waals surface area contributed by atoms with E-state index < -0.39 is 0 Å². The van der Waals surface area contributed by atoms with Gasteiger partial charge in [0.2, 0.25) is 5.78 Å². The van der Waals surface area contributed by atoms with E-state index in [2.05, 4.69) is 40.8 Å². The van der Waals surface area contributed by atoms with Crippen molar-refractivity contribution in [2.45, 2.75) is 33.2 Å². The van der Waals surface area contributed by atoms with Crippen LogP contribution in [0.2, 0.25) is 0 Å². The van der Waals surface area contributed by atoms with Gasteiger partial charge < -0.3 is 4.90 Å². The zero-order valence-electron chi connectivity index (χ0n) is 16.5. The molecule has 1 fully saturated rings. The number of fused-ring (bicyclic) bond motifs is 1. The summed E-state index contributed by atoms with van der Waals surface area (Å²) in [5.41, 5.74) is 0.476. The molecular weight excluding hydrogens is 370 g/mol. The largest absolute Gasteiger partial charge is 0.336 e. The third-order valence-electron chi connectivity index (χ3n) is 5.04. The van der Waals surface area contributed by atoms with Gasteiger partial charge in [-0.25, -0.2) is 9.97 Å². The molecular formula is C21H27N5OS. The summed E-state index contributed by atoms with van der Waals surface area (Å²) in [6.07, 6.45) is 7.47. The number of carbonyl (C=O) groups excluding carboxylic acids is 1. The lowest BCUT2D eigenvalue weighted by Gasteiger charge is -2.21. The summed E-state index contributed by atoms with van der Waals surface area (Å²) in [4.78, 5) is 28.8. The van der Waals surface area contributed by atoms with E-state index in [0.717, 1.165) is 45.6 Å². The van der Waals surface area contributed by atoms with Crippen LogP contribution in [0.4, 0.5) is 0 Å². The van der Waals surface area contributed by atoms with Crippen LogP contribution in [-0.4, -0.2) is 56.3 Å². The number of nitrogens with zero attached hydrogens (tertiary/aromatic N) is 5. The first-order chi connectivity index (χ1) is 13.6. The standard InChI is InChI=1S/C21H27N5OS/c1-16(2)13-17-5-6-18(28-17)14-24-8-4-10-25(12-11-24)20(27)19-15-26-9-3-7-22-21(26)23-19/h3,5-7,9,15-16H,4,8,10-14H2,1-2H3. The number of amides is 1. The maximum absolute atomic E-state index is 12.9. The summed E-state index contributed by atoms with van der Waals surface area (Å²) in [5.74, 6) is 1.26. The SMILES string of the molecule is CC(C)Cc1ccc(CN2CCCN(C(=O)c3cn4cccnc4n3)CC2)s1. The Balaban J connectivity index is 1.36. The van der Waals surface area contributed by atoms with E-state index in [1.54, 1.807) is 16.8 Å². The summed E-state index contributed by atoms with van der Waals surface area (Å²) in [6, 6.07) is 6.37. The molecule has 0 N–H and O–H groups in total. The first-order valence-electron chi connectivity index (χ1n) is 9.97. The highest BCUT2D eigenvalue weighted by Gasteiger charge is 2.22. The van der Waals surface area contributed by atoms with E-state index in [1.807, 2.05) is 28.5 Å². The number of hydrogen-bond acceptors (Lipinski definition) is 5. The van der Waals surface area contributed by atoms with Crippen LogP contribution in [0.1, 0.15) is 40.5 Å². The van der Waals surface area contributed by atoms with Crippen LogP contribution in [0.25, 0.3) is 5.78 Å². The molecule has 0 saturated carbocycles. The van der Waals surface area contributed by atoms with Crippen LogP contribution in [0.5, 0.6) is 0 Å². The molecule has 4 heterocycles. The van der Waals surface area contributed by atoms with Crippen molar-refractivity contribution in [2.24, 2.45) is 5.92 Å². The Morgan fingerprint density at radius 2 is 2.04 bits per heavy atom. The van der Waals surface area contributed by atoms with Crippen molar-refractivity contribution >= 4 is 23.0 Å². The van der Waals surface area contributed by atoms with Crippen molar-refractivity contribution in [3.05, 3.63) is 52.2 Å². The maximum atomic E-state index is 12.9. The first kappa shape index (κ1) is 19.1. The van der Waals surface area contributed by atoms with Crippen LogP contribution < -0.4 is 0 Å². The van der Waals surface area contributed by atoms with Crippen molar-refractivity contribution in [3.63, 3.8) is 0 Å². The molecule has 7 heteroatoms. The second kappa shape index (κ2) is 8.41. The van der Waals surface area contributed by atoms with Crippen molar-refractivity contribution < 1.29 is 4.79 Å². The molecule has 1 saturated heterocycles. The maximum Gasteiger partial charge on any atom is 0.274 e. The van der Waals surface area contributed by atoms with Gasteiger partial charge in [-0.1, -0.05) is 13.8 Å². The minimum absolute atomic E-state index is 0.00249. The molecule has 28 heavy (non-hydrogen) atoms. The van der Waals surface area contributed by atoms with Gasteiger partial charge in [-0.05, 0) is 37.0 Å². The number of rotatable bonds is 5. The van der Waals surface area contributed by atoms with Gasteiger partial charge in [0, 0.05) is 61.1 Å². The van der Waals surface area contributed by atoms with Crippen LogP contribution in [-0.2, 0) is 13.0 Å². The van der Waals surface area contributed by atoms with E-state index in [1.165, 1.54) is 9.75 Å². The Morgan fingerprint density at radius 1 is 1.18 bits per heavy atom. The summed E-state index contributed by atoms with van der Waals surface area (Å²) >= 11 is 1.93. The van der Waals surface area contributed by atoms with Gasteiger partial charge in [0.25, 0.3) is 5.91 Å².